The van der Waals surface area contributed by atoms with Crippen molar-refractivity contribution >= 4 is 15.9 Å². The van der Waals surface area contributed by atoms with Gasteiger partial charge in [0.15, 0.2) is 0 Å². The van der Waals surface area contributed by atoms with Crippen molar-refractivity contribution < 1.29 is 9.47 Å². The predicted molar refractivity (Wildman–Crippen MR) is 87.4 cm³/mol. The molecule has 0 heterocycles. The van der Waals surface area contributed by atoms with Gasteiger partial charge in [0.2, 0.25) is 0 Å². The summed E-state index contributed by atoms with van der Waals surface area (Å²) in [5.74, 6) is 0.926. The third-order valence-corrected chi connectivity index (χ3v) is 3.53. The van der Waals surface area contributed by atoms with Crippen LogP contribution in [0.4, 0.5) is 0 Å². The SMILES string of the molecule is CCCCOCCOc1c(Br)cccc1CNCCC. The molecule has 1 rings (SSSR count). The first-order valence-corrected chi connectivity index (χ1v) is 8.27. The van der Waals surface area contributed by atoms with Gasteiger partial charge < -0.3 is 14.8 Å². The van der Waals surface area contributed by atoms with Crippen LogP contribution in [-0.4, -0.2) is 26.4 Å². The summed E-state index contributed by atoms with van der Waals surface area (Å²) in [5.41, 5.74) is 1.18. The fourth-order valence-corrected chi connectivity index (χ4v) is 2.33. The van der Waals surface area contributed by atoms with Crippen molar-refractivity contribution in [2.75, 3.05) is 26.4 Å². The molecule has 0 saturated heterocycles. The summed E-state index contributed by atoms with van der Waals surface area (Å²) < 4.78 is 12.4. The summed E-state index contributed by atoms with van der Waals surface area (Å²) in [5, 5.41) is 3.41. The molecule has 4 heteroatoms. The number of unbranched alkanes of at least 4 members (excludes halogenated alkanes) is 1. The normalized spacial score (nSPS) is 10.8. The second-order valence-electron chi connectivity index (χ2n) is 4.72. The summed E-state index contributed by atoms with van der Waals surface area (Å²) in [7, 11) is 0. The Morgan fingerprint density at radius 2 is 1.95 bits per heavy atom. The summed E-state index contributed by atoms with van der Waals surface area (Å²) in [4.78, 5) is 0. The maximum absolute atomic E-state index is 5.87. The van der Waals surface area contributed by atoms with Crippen molar-refractivity contribution in [1.29, 1.82) is 0 Å². The molecular weight excluding hydrogens is 318 g/mol. The van der Waals surface area contributed by atoms with E-state index in [1.807, 2.05) is 12.1 Å². The Kier molecular flexibility index (Phi) is 9.71. The van der Waals surface area contributed by atoms with Gasteiger partial charge in [0.1, 0.15) is 12.4 Å². The van der Waals surface area contributed by atoms with Gasteiger partial charge in [-0.15, -0.1) is 0 Å². The lowest BCUT2D eigenvalue weighted by atomic mass is 10.2. The average Bonchev–Trinajstić information content (AvgIpc) is 2.45. The molecular formula is C16H26BrNO2. The fourth-order valence-electron chi connectivity index (χ4n) is 1.81. The third-order valence-electron chi connectivity index (χ3n) is 2.91. The molecule has 20 heavy (non-hydrogen) atoms. The lowest BCUT2D eigenvalue weighted by Gasteiger charge is -2.14. The number of halogens is 1. The molecule has 0 aromatic heterocycles. The summed E-state index contributed by atoms with van der Waals surface area (Å²) >= 11 is 3.56. The van der Waals surface area contributed by atoms with E-state index >= 15 is 0 Å². The molecule has 0 aliphatic rings. The van der Waals surface area contributed by atoms with Crippen LogP contribution in [0.5, 0.6) is 5.75 Å². The molecule has 0 atom stereocenters. The monoisotopic (exact) mass is 343 g/mol. The van der Waals surface area contributed by atoms with Gasteiger partial charge in [0, 0.05) is 18.7 Å². The Morgan fingerprint density at radius 3 is 2.70 bits per heavy atom. The van der Waals surface area contributed by atoms with Crippen LogP contribution in [0.25, 0.3) is 0 Å². The fraction of sp³-hybridized carbons (Fsp3) is 0.625. The van der Waals surface area contributed by atoms with Gasteiger partial charge in [-0.1, -0.05) is 32.4 Å². The Hall–Kier alpha value is -0.580. The molecule has 114 valence electrons. The van der Waals surface area contributed by atoms with Crippen molar-refractivity contribution in [3.8, 4) is 5.75 Å². The second-order valence-corrected chi connectivity index (χ2v) is 5.57. The number of ether oxygens (including phenoxy) is 2. The predicted octanol–water partition coefficient (Wildman–Crippen LogP) is 4.14. The minimum absolute atomic E-state index is 0.590. The molecule has 0 aliphatic carbocycles. The van der Waals surface area contributed by atoms with Crippen LogP contribution in [0.3, 0.4) is 0 Å². The lowest BCUT2D eigenvalue weighted by molar-refractivity contribution is 0.0974. The largest absolute Gasteiger partial charge is 0.490 e. The molecule has 0 unspecified atom stereocenters. The van der Waals surface area contributed by atoms with Crippen molar-refractivity contribution in [2.24, 2.45) is 0 Å². The molecule has 3 nitrogen and oxygen atoms in total. The zero-order valence-electron chi connectivity index (χ0n) is 12.6. The highest BCUT2D eigenvalue weighted by molar-refractivity contribution is 9.10. The molecule has 0 bridgehead atoms. The van der Waals surface area contributed by atoms with E-state index in [0.717, 1.165) is 42.8 Å². The zero-order valence-corrected chi connectivity index (χ0v) is 14.2. The van der Waals surface area contributed by atoms with Gasteiger partial charge in [-0.25, -0.2) is 0 Å². The van der Waals surface area contributed by atoms with Crippen LogP contribution in [0.15, 0.2) is 22.7 Å². The van der Waals surface area contributed by atoms with Gasteiger partial charge in [-0.3, -0.25) is 0 Å². The number of hydrogen-bond donors (Lipinski definition) is 1. The van der Waals surface area contributed by atoms with Gasteiger partial charge in [0.05, 0.1) is 11.1 Å². The van der Waals surface area contributed by atoms with Crippen LogP contribution in [0.1, 0.15) is 38.7 Å². The van der Waals surface area contributed by atoms with Crippen LogP contribution < -0.4 is 10.1 Å². The topological polar surface area (TPSA) is 30.5 Å². The van der Waals surface area contributed by atoms with E-state index in [2.05, 4.69) is 41.2 Å². The lowest BCUT2D eigenvalue weighted by Crippen LogP contribution is -2.15. The second kappa shape index (κ2) is 11.1. The third kappa shape index (κ3) is 6.73. The number of para-hydroxylation sites is 1. The van der Waals surface area contributed by atoms with Crippen LogP contribution in [0.2, 0.25) is 0 Å². The number of benzene rings is 1. The highest BCUT2D eigenvalue weighted by atomic mass is 79.9. The van der Waals surface area contributed by atoms with E-state index in [1.165, 1.54) is 12.0 Å². The number of hydrogen-bond acceptors (Lipinski definition) is 3. The summed E-state index contributed by atoms with van der Waals surface area (Å²) in [6, 6.07) is 6.15. The quantitative estimate of drug-likeness (QED) is 0.612. The summed E-state index contributed by atoms with van der Waals surface area (Å²) in [6.45, 7) is 8.23. The van der Waals surface area contributed by atoms with Gasteiger partial charge in [0.25, 0.3) is 0 Å². The average molecular weight is 344 g/mol. The Morgan fingerprint density at radius 1 is 1.10 bits per heavy atom. The van der Waals surface area contributed by atoms with Crippen molar-refractivity contribution in [3.63, 3.8) is 0 Å². The van der Waals surface area contributed by atoms with Gasteiger partial charge in [-0.05, 0) is 41.4 Å². The van der Waals surface area contributed by atoms with Gasteiger partial charge in [-0.2, -0.15) is 0 Å². The van der Waals surface area contributed by atoms with Crippen molar-refractivity contribution in [1.82, 2.24) is 5.32 Å². The van der Waals surface area contributed by atoms with E-state index in [4.69, 9.17) is 9.47 Å². The van der Waals surface area contributed by atoms with E-state index in [1.54, 1.807) is 0 Å². The zero-order chi connectivity index (χ0) is 14.6. The molecule has 0 radical (unpaired) electrons. The van der Waals surface area contributed by atoms with Gasteiger partial charge >= 0.3 is 0 Å². The Labute approximate surface area is 131 Å². The molecule has 0 spiro atoms. The molecule has 0 saturated carbocycles. The minimum atomic E-state index is 0.590. The van der Waals surface area contributed by atoms with Crippen LogP contribution in [-0.2, 0) is 11.3 Å². The highest BCUT2D eigenvalue weighted by Crippen LogP contribution is 2.29. The first kappa shape index (κ1) is 17.5. The van der Waals surface area contributed by atoms with E-state index in [9.17, 15) is 0 Å². The van der Waals surface area contributed by atoms with Crippen LogP contribution in [0, 0.1) is 0 Å². The Bertz CT molecular complexity index is 371. The molecule has 1 aromatic carbocycles. The Balaban J connectivity index is 2.41. The summed E-state index contributed by atoms with van der Waals surface area (Å²) in [6.07, 6.45) is 3.41. The first-order chi connectivity index (χ1) is 9.79. The maximum atomic E-state index is 5.87. The number of rotatable bonds is 11. The molecule has 0 fully saturated rings. The highest BCUT2D eigenvalue weighted by Gasteiger charge is 2.07. The molecule has 0 aliphatic heterocycles. The minimum Gasteiger partial charge on any atom is -0.490 e. The maximum Gasteiger partial charge on any atom is 0.138 e. The van der Waals surface area contributed by atoms with Crippen molar-refractivity contribution in [3.05, 3.63) is 28.2 Å². The van der Waals surface area contributed by atoms with E-state index in [0.29, 0.717) is 13.2 Å². The van der Waals surface area contributed by atoms with Crippen molar-refractivity contribution in [2.45, 2.75) is 39.7 Å². The molecule has 0 amide bonds. The smallest absolute Gasteiger partial charge is 0.138 e. The number of nitrogens with one attached hydrogen (secondary N) is 1. The van der Waals surface area contributed by atoms with E-state index in [-0.39, 0.29) is 0 Å². The van der Waals surface area contributed by atoms with E-state index < -0.39 is 0 Å². The standard InChI is InChI=1S/C16H26BrNO2/c1-3-5-10-19-11-12-20-16-14(13-18-9-4-2)7-6-8-15(16)17/h6-8,18H,3-5,9-13H2,1-2H3. The molecule has 1 aromatic rings. The first-order valence-electron chi connectivity index (χ1n) is 7.48. The molecule has 1 N–H and O–H groups in total. The van der Waals surface area contributed by atoms with Crippen LogP contribution >= 0.6 is 15.9 Å².